The van der Waals surface area contributed by atoms with Crippen molar-refractivity contribution in [1.82, 2.24) is 9.80 Å². The highest BCUT2D eigenvalue weighted by Crippen LogP contribution is 2.16. The zero-order chi connectivity index (χ0) is 15.2. The highest BCUT2D eigenvalue weighted by atomic mass is 16.1. The van der Waals surface area contributed by atoms with Crippen molar-refractivity contribution in [3.05, 3.63) is 35.4 Å². The zero-order valence-electron chi connectivity index (χ0n) is 13.6. The van der Waals surface area contributed by atoms with Crippen molar-refractivity contribution in [1.29, 1.82) is 0 Å². The number of carbonyl (C=O) groups is 1. The number of benzene rings is 1. The van der Waals surface area contributed by atoms with Crippen LogP contribution in [0.4, 0.5) is 0 Å². The predicted molar refractivity (Wildman–Crippen MR) is 87.9 cm³/mol. The molecule has 21 heavy (non-hydrogen) atoms. The summed E-state index contributed by atoms with van der Waals surface area (Å²) < 4.78 is 0. The van der Waals surface area contributed by atoms with Crippen LogP contribution < -0.4 is 0 Å². The Hall–Kier alpha value is -1.19. The van der Waals surface area contributed by atoms with Gasteiger partial charge in [-0.3, -0.25) is 4.79 Å². The summed E-state index contributed by atoms with van der Waals surface area (Å²) in [7, 11) is 2.16. The highest BCUT2D eigenvalue weighted by Gasteiger charge is 2.22. The molecule has 0 radical (unpaired) electrons. The second-order valence-electron chi connectivity index (χ2n) is 6.13. The van der Waals surface area contributed by atoms with Crippen molar-refractivity contribution in [2.24, 2.45) is 0 Å². The van der Waals surface area contributed by atoms with Gasteiger partial charge in [0.25, 0.3) is 0 Å². The van der Waals surface area contributed by atoms with Crippen LogP contribution in [0, 0.1) is 6.92 Å². The summed E-state index contributed by atoms with van der Waals surface area (Å²) in [6.45, 7) is 8.64. The van der Waals surface area contributed by atoms with Crippen LogP contribution in [0.5, 0.6) is 0 Å². The van der Waals surface area contributed by atoms with E-state index in [0.29, 0.717) is 12.5 Å². The molecule has 1 aromatic carbocycles. The van der Waals surface area contributed by atoms with Crippen LogP contribution in [0.3, 0.4) is 0 Å². The van der Waals surface area contributed by atoms with Crippen LogP contribution in [0.25, 0.3) is 0 Å². The van der Waals surface area contributed by atoms with Crippen LogP contribution in [0.1, 0.15) is 42.1 Å². The number of rotatable bonds is 6. The molecule has 0 spiro atoms. The minimum absolute atomic E-state index is 0.269. The van der Waals surface area contributed by atoms with Crippen LogP contribution in [0.15, 0.2) is 24.3 Å². The molecule has 1 aliphatic rings. The highest BCUT2D eigenvalue weighted by molar-refractivity contribution is 5.97. The third kappa shape index (κ3) is 4.39. The van der Waals surface area contributed by atoms with Crippen molar-refractivity contribution in [2.45, 2.75) is 39.2 Å². The smallest absolute Gasteiger partial charge is 0.164 e. The van der Waals surface area contributed by atoms with Crippen LogP contribution in [0.2, 0.25) is 0 Å². The lowest BCUT2D eigenvalue weighted by Gasteiger charge is -2.36. The maximum Gasteiger partial charge on any atom is 0.164 e. The van der Waals surface area contributed by atoms with E-state index in [4.69, 9.17) is 0 Å². The van der Waals surface area contributed by atoms with Gasteiger partial charge in [-0.2, -0.15) is 0 Å². The van der Waals surface area contributed by atoms with E-state index < -0.39 is 0 Å². The molecule has 0 amide bonds. The van der Waals surface area contributed by atoms with E-state index in [2.05, 4.69) is 23.8 Å². The second kappa shape index (κ2) is 7.71. The van der Waals surface area contributed by atoms with Gasteiger partial charge in [-0.15, -0.1) is 0 Å². The second-order valence-corrected chi connectivity index (χ2v) is 6.13. The topological polar surface area (TPSA) is 23.6 Å². The lowest BCUT2D eigenvalue weighted by Crippen LogP contribution is -2.43. The quantitative estimate of drug-likeness (QED) is 0.752. The van der Waals surface area contributed by atoms with Gasteiger partial charge in [0.2, 0.25) is 0 Å². The first kappa shape index (κ1) is 16.2. The van der Waals surface area contributed by atoms with Crippen molar-refractivity contribution in [3.8, 4) is 0 Å². The fourth-order valence-electron chi connectivity index (χ4n) is 3.16. The van der Waals surface area contributed by atoms with Gasteiger partial charge in [0.15, 0.2) is 5.78 Å². The van der Waals surface area contributed by atoms with E-state index >= 15 is 0 Å². The summed E-state index contributed by atoms with van der Waals surface area (Å²) in [5.74, 6) is 0.269. The molecule has 0 bridgehead atoms. The Morgan fingerprint density at radius 3 is 2.57 bits per heavy atom. The Labute approximate surface area is 128 Å². The van der Waals surface area contributed by atoms with Crippen molar-refractivity contribution in [2.75, 3.05) is 33.2 Å². The molecule has 3 nitrogen and oxygen atoms in total. The lowest BCUT2D eigenvalue weighted by molar-refractivity contribution is 0.0931. The molecular formula is C18H28N2O. The van der Waals surface area contributed by atoms with Crippen LogP contribution >= 0.6 is 0 Å². The first-order valence-corrected chi connectivity index (χ1v) is 8.13. The monoisotopic (exact) mass is 288 g/mol. The molecule has 1 heterocycles. The number of nitrogens with zero attached hydrogens (tertiary/aromatic N) is 2. The zero-order valence-corrected chi connectivity index (χ0v) is 13.6. The molecule has 1 fully saturated rings. The van der Waals surface area contributed by atoms with Crippen LogP contribution in [-0.2, 0) is 0 Å². The Morgan fingerprint density at radius 2 is 1.95 bits per heavy atom. The molecule has 1 aromatic rings. The summed E-state index contributed by atoms with van der Waals surface area (Å²) in [4.78, 5) is 17.2. The average molecular weight is 288 g/mol. The number of Topliss-reactive ketones (excluding diaryl/α,β-unsaturated/α-hetero) is 1. The molecule has 0 aromatic heterocycles. The Kier molecular flexibility index (Phi) is 5.95. The molecule has 0 saturated carbocycles. The maximum atomic E-state index is 12.3. The number of hydrogen-bond acceptors (Lipinski definition) is 3. The average Bonchev–Trinajstić information content (AvgIpc) is 2.52. The van der Waals surface area contributed by atoms with Gasteiger partial charge in [0.1, 0.15) is 0 Å². The van der Waals surface area contributed by atoms with Gasteiger partial charge in [0, 0.05) is 24.6 Å². The molecular weight excluding hydrogens is 260 g/mol. The van der Waals surface area contributed by atoms with Gasteiger partial charge < -0.3 is 9.80 Å². The number of likely N-dealkylation sites (tertiary alicyclic amines) is 1. The third-order valence-corrected chi connectivity index (χ3v) is 4.76. The number of carbonyl (C=O) groups excluding carboxylic acids is 1. The predicted octanol–water partition coefficient (Wildman–Crippen LogP) is 2.98. The van der Waals surface area contributed by atoms with E-state index in [1.54, 1.807) is 0 Å². The molecule has 1 saturated heterocycles. The van der Waals surface area contributed by atoms with Crippen molar-refractivity contribution in [3.63, 3.8) is 0 Å². The largest absolute Gasteiger partial charge is 0.303 e. The molecule has 2 rings (SSSR count). The first-order valence-electron chi connectivity index (χ1n) is 8.13. The molecule has 1 aliphatic heterocycles. The van der Waals surface area contributed by atoms with Gasteiger partial charge in [-0.1, -0.05) is 31.2 Å². The normalized spacial score (nSPS) is 17.3. The SMILES string of the molecule is CCN1CCC(N(C)CCC(=O)c2ccccc2C)CC1. The summed E-state index contributed by atoms with van der Waals surface area (Å²) in [6, 6.07) is 8.52. The van der Waals surface area contributed by atoms with Crippen molar-refractivity contribution >= 4 is 5.78 Å². The van der Waals surface area contributed by atoms with E-state index in [1.165, 1.54) is 25.9 Å². The Balaban J connectivity index is 1.80. The lowest BCUT2D eigenvalue weighted by atomic mass is 10.0. The van der Waals surface area contributed by atoms with Gasteiger partial charge >= 0.3 is 0 Å². The Morgan fingerprint density at radius 1 is 1.29 bits per heavy atom. The Bertz CT molecular complexity index is 464. The fourth-order valence-corrected chi connectivity index (χ4v) is 3.16. The molecule has 0 aliphatic carbocycles. The number of aryl methyl sites for hydroxylation is 1. The van der Waals surface area contributed by atoms with Gasteiger partial charge in [0.05, 0.1) is 0 Å². The minimum Gasteiger partial charge on any atom is -0.303 e. The molecule has 0 atom stereocenters. The molecule has 3 heteroatoms. The van der Waals surface area contributed by atoms with E-state index in [1.807, 2.05) is 31.2 Å². The number of ketones is 1. The van der Waals surface area contributed by atoms with Gasteiger partial charge in [-0.05, 0) is 52.0 Å². The first-order chi connectivity index (χ1) is 10.1. The van der Waals surface area contributed by atoms with Gasteiger partial charge in [-0.25, -0.2) is 0 Å². The summed E-state index contributed by atoms with van der Waals surface area (Å²) in [5.41, 5.74) is 1.97. The van der Waals surface area contributed by atoms with E-state index in [9.17, 15) is 4.79 Å². The number of hydrogen-bond donors (Lipinski definition) is 0. The molecule has 0 N–H and O–H groups in total. The third-order valence-electron chi connectivity index (χ3n) is 4.76. The summed E-state index contributed by atoms with van der Waals surface area (Å²) in [5, 5.41) is 0. The molecule has 0 unspecified atom stereocenters. The van der Waals surface area contributed by atoms with Crippen LogP contribution in [-0.4, -0.2) is 54.9 Å². The standard InChI is InChI=1S/C18H28N2O/c1-4-20-13-9-16(10-14-20)19(3)12-11-18(21)17-8-6-5-7-15(17)2/h5-8,16H,4,9-14H2,1-3H3. The van der Waals surface area contributed by atoms with Crippen molar-refractivity contribution < 1.29 is 4.79 Å². The minimum atomic E-state index is 0.269. The van der Waals surface area contributed by atoms with E-state index in [0.717, 1.165) is 24.2 Å². The fraction of sp³-hybridized carbons (Fsp3) is 0.611. The summed E-state index contributed by atoms with van der Waals surface area (Å²) in [6.07, 6.45) is 3.07. The maximum absolute atomic E-state index is 12.3. The summed E-state index contributed by atoms with van der Waals surface area (Å²) >= 11 is 0. The molecule has 116 valence electrons. The number of piperidine rings is 1. The van der Waals surface area contributed by atoms with E-state index in [-0.39, 0.29) is 5.78 Å².